The summed E-state index contributed by atoms with van der Waals surface area (Å²) in [6, 6.07) is 7.18. The van der Waals surface area contributed by atoms with Gasteiger partial charge in [-0.3, -0.25) is 13.6 Å². The maximum Gasteiger partial charge on any atom is 0.348 e. The van der Waals surface area contributed by atoms with Crippen molar-refractivity contribution in [3.63, 3.8) is 0 Å². The molecule has 6 nitrogen and oxygen atoms in total. The van der Waals surface area contributed by atoms with E-state index in [0.29, 0.717) is 4.90 Å². The van der Waals surface area contributed by atoms with E-state index in [1.165, 1.54) is 14.2 Å². The highest BCUT2D eigenvalue weighted by molar-refractivity contribution is 7.87. The third kappa shape index (κ3) is 3.75. The van der Waals surface area contributed by atoms with Crippen LogP contribution in [0.15, 0.2) is 29.2 Å². The van der Waals surface area contributed by atoms with E-state index in [0.717, 1.165) is 5.56 Å². The highest BCUT2D eigenvalue weighted by atomic mass is 32.2. The van der Waals surface area contributed by atoms with Gasteiger partial charge >= 0.3 is 13.6 Å². The summed E-state index contributed by atoms with van der Waals surface area (Å²) >= 11 is 0. The van der Waals surface area contributed by atoms with Gasteiger partial charge in [0, 0.05) is 19.1 Å². The Morgan fingerprint density at radius 1 is 1.20 bits per heavy atom. The highest BCUT2D eigenvalue weighted by Gasteiger charge is 2.76. The Balaban J connectivity index is 2.40. The van der Waals surface area contributed by atoms with Gasteiger partial charge in [0.05, 0.1) is 16.0 Å². The molecule has 1 unspecified atom stereocenters. The van der Waals surface area contributed by atoms with Crippen LogP contribution in [0.3, 0.4) is 0 Å². The van der Waals surface area contributed by atoms with Crippen LogP contribution >= 0.6 is 7.60 Å². The number of hydrogen-bond donors (Lipinski definition) is 0. The van der Waals surface area contributed by atoms with Crippen molar-refractivity contribution >= 4 is 24.4 Å². The summed E-state index contributed by atoms with van der Waals surface area (Å²) in [5, 5.41) is -2.23. The van der Waals surface area contributed by atoms with Gasteiger partial charge in [-0.25, -0.2) is 0 Å². The summed E-state index contributed by atoms with van der Waals surface area (Å²) in [4.78, 5) is 13.4. The first-order chi connectivity index (χ1) is 11.5. The zero-order valence-electron chi connectivity index (χ0n) is 15.4. The maximum absolute atomic E-state index is 13.1. The minimum absolute atomic E-state index is 0.126. The Morgan fingerprint density at radius 2 is 1.72 bits per heavy atom. The summed E-state index contributed by atoms with van der Waals surface area (Å²) < 4.78 is 41.6. The standard InChI is InChI=1S/C17H25O6PS/c1-12-7-9-13(10-8-12)25(20)14-11-17(14,24(19,21-5)22-6)15(18)23-16(2,3)4/h7-10,14H,11H2,1-6H3/t14-,17-,25?/m1/s1. The molecule has 0 aliphatic heterocycles. The predicted molar refractivity (Wildman–Crippen MR) is 96.2 cm³/mol. The number of aryl methyl sites for hydroxylation is 1. The topological polar surface area (TPSA) is 78.9 Å². The van der Waals surface area contributed by atoms with E-state index in [9.17, 15) is 13.6 Å². The fourth-order valence-corrected chi connectivity index (χ4v) is 6.92. The average Bonchev–Trinajstić information content (AvgIpc) is 3.30. The van der Waals surface area contributed by atoms with Crippen molar-refractivity contribution in [1.82, 2.24) is 0 Å². The number of carbonyl (C=O) groups is 1. The minimum atomic E-state index is -3.82. The van der Waals surface area contributed by atoms with Crippen LogP contribution in [0.25, 0.3) is 0 Å². The zero-order valence-corrected chi connectivity index (χ0v) is 17.1. The van der Waals surface area contributed by atoms with Crippen LogP contribution < -0.4 is 0 Å². The van der Waals surface area contributed by atoms with Crippen molar-refractivity contribution in [3.8, 4) is 0 Å². The lowest BCUT2D eigenvalue weighted by molar-refractivity contribution is -0.155. The van der Waals surface area contributed by atoms with Crippen molar-refractivity contribution in [2.45, 2.75) is 55.0 Å². The molecular weight excluding hydrogens is 363 g/mol. The van der Waals surface area contributed by atoms with Gasteiger partial charge in [-0.2, -0.15) is 0 Å². The van der Waals surface area contributed by atoms with Gasteiger partial charge < -0.3 is 13.8 Å². The molecule has 0 amide bonds. The quantitative estimate of drug-likeness (QED) is 0.549. The van der Waals surface area contributed by atoms with E-state index in [4.69, 9.17) is 13.8 Å². The molecule has 140 valence electrons. The summed E-state index contributed by atoms with van der Waals surface area (Å²) in [5.41, 5.74) is 0.268. The summed E-state index contributed by atoms with van der Waals surface area (Å²) in [7, 11) is -2.91. The van der Waals surface area contributed by atoms with E-state index >= 15 is 0 Å². The molecule has 0 aromatic heterocycles. The van der Waals surface area contributed by atoms with Crippen molar-refractivity contribution in [2.75, 3.05) is 14.2 Å². The second-order valence-electron chi connectivity index (χ2n) is 7.09. The molecule has 25 heavy (non-hydrogen) atoms. The lowest BCUT2D eigenvalue weighted by Gasteiger charge is -2.28. The van der Waals surface area contributed by atoms with Crippen LogP contribution in [0.5, 0.6) is 0 Å². The molecule has 1 aromatic rings. The van der Waals surface area contributed by atoms with Gasteiger partial charge in [0.25, 0.3) is 0 Å². The lowest BCUT2D eigenvalue weighted by Crippen LogP contribution is -2.37. The molecule has 0 bridgehead atoms. The van der Waals surface area contributed by atoms with Crippen molar-refractivity contribution in [1.29, 1.82) is 0 Å². The van der Waals surface area contributed by atoms with Crippen LogP contribution in [-0.4, -0.2) is 40.4 Å². The second kappa shape index (κ2) is 6.95. The minimum Gasteiger partial charge on any atom is -0.459 e. The molecule has 0 saturated heterocycles. The Morgan fingerprint density at radius 3 is 2.16 bits per heavy atom. The first-order valence-electron chi connectivity index (χ1n) is 7.93. The second-order valence-corrected chi connectivity index (χ2v) is 11.3. The summed E-state index contributed by atoms with van der Waals surface area (Å²) in [5.74, 6) is -0.697. The Labute approximate surface area is 151 Å². The van der Waals surface area contributed by atoms with E-state index < -0.39 is 40.4 Å². The Hall–Kier alpha value is -1.01. The number of hydrogen-bond acceptors (Lipinski definition) is 6. The lowest BCUT2D eigenvalue weighted by atomic mass is 10.2. The zero-order chi connectivity index (χ0) is 19.0. The van der Waals surface area contributed by atoms with Gasteiger partial charge in [-0.15, -0.1) is 0 Å². The fraction of sp³-hybridized carbons (Fsp3) is 0.588. The van der Waals surface area contributed by atoms with E-state index in [1.54, 1.807) is 32.9 Å². The number of esters is 1. The van der Waals surface area contributed by atoms with E-state index in [2.05, 4.69) is 0 Å². The first kappa shape index (κ1) is 20.3. The number of carbonyl (C=O) groups excluding carboxylic acids is 1. The van der Waals surface area contributed by atoms with Gasteiger partial charge in [-0.1, -0.05) is 17.7 Å². The molecule has 0 heterocycles. The van der Waals surface area contributed by atoms with Crippen LogP contribution in [0.2, 0.25) is 0 Å². The number of benzene rings is 1. The Kier molecular flexibility index (Phi) is 5.65. The molecule has 0 spiro atoms. The van der Waals surface area contributed by atoms with Gasteiger partial charge in [0.15, 0.2) is 5.16 Å². The Bertz CT molecular complexity index is 716. The molecular formula is C17H25O6PS. The first-order valence-corrected chi connectivity index (χ1v) is 10.7. The normalized spacial score (nSPS) is 24.6. The number of ether oxygens (including phenoxy) is 1. The van der Waals surface area contributed by atoms with E-state index in [-0.39, 0.29) is 6.42 Å². The molecule has 0 radical (unpaired) electrons. The van der Waals surface area contributed by atoms with Crippen molar-refractivity contribution in [3.05, 3.63) is 29.8 Å². The molecule has 8 heteroatoms. The maximum atomic E-state index is 13.1. The smallest absolute Gasteiger partial charge is 0.348 e. The van der Waals surface area contributed by atoms with Crippen LogP contribution in [0.4, 0.5) is 0 Å². The highest BCUT2D eigenvalue weighted by Crippen LogP contribution is 2.72. The fourth-order valence-electron chi connectivity index (χ4n) is 2.69. The van der Waals surface area contributed by atoms with Crippen LogP contribution in [0.1, 0.15) is 32.8 Å². The average molecular weight is 388 g/mol. The molecule has 1 fully saturated rings. The summed E-state index contributed by atoms with van der Waals surface area (Å²) in [6.45, 7) is 7.09. The van der Waals surface area contributed by atoms with Crippen molar-refractivity contribution in [2.24, 2.45) is 0 Å². The van der Waals surface area contributed by atoms with Crippen LogP contribution in [-0.2, 0) is 33.9 Å². The molecule has 2 rings (SSSR count). The van der Waals surface area contributed by atoms with E-state index in [1.807, 2.05) is 19.1 Å². The molecule has 1 aliphatic carbocycles. The number of rotatable bonds is 6. The molecule has 1 saturated carbocycles. The van der Waals surface area contributed by atoms with Crippen molar-refractivity contribution < 1.29 is 27.4 Å². The predicted octanol–water partition coefficient (Wildman–Crippen LogP) is 3.44. The third-order valence-corrected chi connectivity index (χ3v) is 8.72. The monoisotopic (exact) mass is 388 g/mol. The van der Waals surface area contributed by atoms with Gasteiger partial charge in [-0.05, 0) is 46.2 Å². The van der Waals surface area contributed by atoms with Gasteiger partial charge in [0.1, 0.15) is 5.60 Å². The third-order valence-electron chi connectivity index (χ3n) is 4.10. The largest absolute Gasteiger partial charge is 0.459 e. The molecule has 1 aliphatic rings. The molecule has 3 atom stereocenters. The van der Waals surface area contributed by atoms with Gasteiger partial charge in [0.2, 0.25) is 0 Å². The summed E-state index contributed by atoms with van der Waals surface area (Å²) in [6.07, 6.45) is 0.126. The SMILES string of the molecule is COP(=O)(OC)[C@]1(C(=O)OC(C)(C)C)C[C@H]1S(=O)c1ccc(C)cc1. The molecule has 1 aromatic carbocycles. The van der Waals surface area contributed by atoms with Crippen LogP contribution in [0, 0.1) is 6.92 Å². The molecule has 0 N–H and O–H groups in total.